The maximum atomic E-state index is 10.7. The van der Waals surface area contributed by atoms with E-state index in [0.717, 1.165) is 38.2 Å². The highest BCUT2D eigenvalue weighted by Crippen LogP contribution is 2.29. The van der Waals surface area contributed by atoms with Crippen molar-refractivity contribution in [1.82, 2.24) is 4.90 Å². The zero-order valence-corrected chi connectivity index (χ0v) is 14.3. The molecule has 0 aromatic heterocycles. The van der Waals surface area contributed by atoms with Gasteiger partial charge in [-0.25, -0.2) is 0 Å². The van der Waals surface area contributed by atoms with Crippen LogP contribution in [-0.4, -0.2) is 46.2 Å². The van der Waals surface area contributed by atoms with E-state index in [-0.39, 0.29) is 5.75 Å². The van der Waals surface area contributed by atoms with E-state index in [1.807, 2.05) is 6.07 Å². The summed E-state index contributed by atoms with van der Waals surface area (Å²) >= 11 is 1.59. The van der Waals surface area contributed by atoms with Gasteiger partial charge in [-0.2, -0.15) is 0 Å². The maximum Gasteiger partial charge on any atom is 0.313 e. The van der Waals surface area contributed by atoms with E-state index in [2.05, 4.69) is 23.1 Å². The van der Waals surface area contributed by atoms with Crippen LogP contribution in [0.2, 0.25) is 0 Å². The molecule has 4 nitrogen and oxygen atoms in total. The normalized spacial score (nSPS) is 20.2. The molecule has 1 aliphatic carbocycles. The zero-order chi connectivity index (χ0) is 16.1. The van der Waals surface area contributed by atoms with Crippen LogP contribution in [0.4, 0.5) is 0 Å². The van der Waals surface area contributed by atoms with E-state index in [0.29, 0.717) is 11.4 Å². The molecular formula is C18H25NO3S. The van der Waals surface area contributed by atoms with E-state index in [4.69, 9.17) is 9.84 Å². The second-order valence-corrected chi connectivity index (χ2v) is 7.75. The van der Waals surface area contributed by atoms with Crippen LogP contribution < -0.4 is 4.74 Å². The van der Waals surface area contributed by atoms with Gasteiger partial charge >= 0.3 is 5.97 Å². The Morgan fingerprint density at radius 3 is 2.61 bits per heavy atom. The summed E-state index contributed by atoms with van der Waals surface area (Å²) in [7, 11) is 0. The number of carboxylic acid groups (broad SMARTS) is 1. The van der Waals surface area contributed by atoms with Gasteiger partial charge in [0.15, 0.2) is 0 Å². The van der Waals surface area contributed by atoms with E-state index >= 15 is 0 Å². The van der Waals surface area contributed by atoms with Crippen LogP contribution in [0.5, 0.6) is 5.75 Å². The highest BCUT2D eigenvalue weighted by atomic mass is 32.2. The van der Waals surface area contributed by atoms with Crippen LogP contribution in [0.25, 0.3) is 0 Å². The molecule has 0 amide bonds. The summed E-state index contributed by atoms with van der Waals surface area (Å²) in [5.41, 5.74) is 1.27. The van der Waals surface area contributed by atoms with Gasteiger partial charge in [0, 0.05) is 17.4 Å². The third kappa shape index (κ3) is 4.88. The molecule has 1 saturated carbocycles. The lowest BCUT2D eigenvalue weighted by atomic mass is 9.96. The topological polar surface area (TPSA) is 49.8 Å². The van der Waals surface area contributed by atoms with Crippen LogP contribution in [0.15, 0.2) is 24.3 Å². The summed E-state index contributed by atoms with van der Waals surface area (Å²) in [5.74, 6) is 0.557. The van der Waals surface area contributed by atoms with E-state index in [1.54, 1.807) is 11.8 Å². The van der Waals surface area contributed by atoms with Gasteiger partial charge in [0.25, 0.3) is 0 Å². The van der Waals surface area contributed by atoms with Gasteiger partial charge in [0.1, 0.15) is 5.75 Å². The summed E-state index contributed by atoms with van der Waals surface area (Å²) in [6.07, 6.45) is 6.21. The molecule has 1 aromatic carbocycles. The summed E-state index contributed by atoms with van der Waals surface area (Å²) in [6, 6.07) is 8.38. The molecule has 1 aliphatic heterocycles. The Bertz CT molecular complexity index is 525. The highest BCUT2D eigenvalue weighted by Gasteiger charge is 2.23. The average Bonchev–Trinajstić information content (AvgIpc) is 2.51. The number of likely N-dealkylation sites (tertiary alicyclic amines) is 1. The van der Waals surface area contributed by atoms with Gasteiger partial charge in [-0.1, -0.05) is 18.2 Å². The molecule has 3 rings (SSSR count). The maximum absolute atomic E-state index is 10.7. The summed E-state index contributed by atoms with van der Waals surface area (Å²) in [6.45, 7) is 3.00. The minimum absolute atomic E-state index is 0.225. The molecule has 1 N–H and O–H groups in total. The van der Waals surface area contributed by atoms with Crippen molar-refractivity contribution in [3.63, 3.8) is 0 Å². The molecular weight excluding hydrogens is 310 g/mol. The smallest absolute Gasteiger partial charge is 0.313 e. The molecule has 0 atom stereocenters. The number of hydrogen-bond acceptors (Lipinski definition) is 4. The Labute approximate surface area is 142 Å². The third-order valence-corrected chi connectivity index (χ3v) is 6.05. The molecule has 0 radical (unpaired) electrons. The number of nitrogens with zero attached hydrogens (tertiary/aromatic N) is 1. The number of para-hydroxylation sites is 1. The first-order chi connectivity index (χ1) is 11.2. The predicted molar refractivity (Wildman–Crippen MR) is 93.1 cm³/mol. The minimum Gasteiger partial charge on any atom is -0.490 e. The fraction of sp³-hybridized carbons (Fsp3) is 0.611. The standard InChI is InChI=1S/C18H25NO3S/c20-18(21)13-23-16-8-10-19(11-9-16)12-14-4-1-2-7-17(14)22-15-5-3-6-15/h1-2,4,7,15-16H,3,5-6,8-13H2,(H,20,21). The second kappa shape index (κ2) is 8.06. The van der Waals surface area contributed by atoms with Crippen LogP contribution in [0.1, 0.15) is 37.7 Å². The van der Waals surface area contributed by atoms with Crippen molar-refractivity contribution in [2.24, 2.45) is 0 Å². The van der Waals surface area contributed by atoms with Gasteiger partial charge in [-0.3, -0.25) is 9.69 Å². The third-order valence-electron chi connectivity index (χ3n) is 4.69. The molecule has 2 aliphatic rings. The minimum atomic E-state index is -0.709. The first-order valence-electron chi connectivity index (χ1n) is 8.51. The van der Waals surface area contributed by atoms with Crippen LogP contribution >= 0.6 is 11.8 Å². The van der Waals surface area contributed by atoms with Crippen molar-refractivity contribution >= 4 is 17.7 Å². The lowest BCUT2D eigenvalue weighted by Gasteiger charge is -2.32. The Balaban J connectivity index is 1.49. The molecule has 126 valence electrons. The first kappa shape index (κ1) is 16.7. The van der Waals surface area contributed by atoms with Crippen LogP contribution in [0.3, 0.4) is 0 Å². The van der Waals surface area contributed by atoms with Gasteiger partial charge in [0.05, 0.1) is 11.9 Å². The molecule has 0 unspecified atom stereocenters. The van der Waals surface area contributed by atoms with E-state index in [9.17, 15) is 4.79 Å². The lowest BCUT2D eigenvalue weighted by molar-refractivity contribution is -0.133. The predicted octanol–water partition coefficient (Wildman–Crippen LogP) is 3.40. The molecule has 1 heterocycles. The molecule has 0 spiro atoms. The monoisotopic (exact) mass is 335 g/mol. The van der Waals surface area contributed by atoms with Crippen molar-refractivity contribution in [1.29, 1.82) is 0 Å². The zero-order valence-electron chi connectivity index (χ0n) is 13.4. The largest absolute Gasteiger partial charge is 0.490 e. The molecule has 0 bridgehead atoms. The van der Waals surface area contributed by atoms with Crippen LogP contribution in [-0.2, 0) is 11.3 Å². The van der Waals surface area contributed by atoms with Crippen molar-refractivity contribution in [2.45, 2.75) is 50.0 Å². The Kier molecular flexibility index (Phi) is 5.84. The van der Waals surface area contributed by atoms with E-state index < -0.39 is 5.97 Å². The number of thioether (sulfide) groups is 1. The summed E-state index contributed by atoms with van der Waals surface area (Å²) in [4.78, 5) is 13.1. The number of rotatable bonds is 7. The van der Waals surface area contributed by atoms with Crippen molar-refractivity contribution in [3.8, 4) is 5.75 Å². The van der Waals surface area contributed by atoms with Gasteiger partial charge < -0.3 is 9.84 Å². The van der Waals surface area contributed by atoms with Crippen molar-refractivity contribution in [2.75, 3.05) is 18.8 Å². The number of carboxylic acids is 1. The fourth-order valence-electron chi connectivity index (χ4n) is 3.08. The molecule has 5 heteroatoms. The fourth-order valence-corrected chi connectivity index (χ4v) is 4.00. The molecule has 1 saturated heterocycles. The Morgan fingerprint density at radius 2 is 1.96 bits per heavy atom. The quantitative estimate of drug-likeness (QED) is 0.827. The lowest BCUT2D eigenvalue weighted by Crippen LogP contribution is -2.35. The van der Waals surface area contributed by atoms with Gasteiger partial charge in [0.2, 0.25) is 0 Å². The number of carbonyl (C=O) groups is 1. The van der Waals surface area contributed by atoms with E-state index in [1.165, 1.54) is 24.8 Å². The highest BCUT2D eigenvalue weighted by molar-refractivity contribution is 8.00. The average molecular weight is 335 g/mol. The summed E-state index contributed by atoms with van der Waals surface area (Å²) < 4.78 is 6.11. The van der Waals surface area contributed by atoms with Gasteiger partial charge in [-0.05, 0) is 51.3 Å². The first-order valence-corrected chi connectivity index (χ1v) is 9.56. The second-order valence-electron chi connectivity index (χ2n) is 6.46. The molecule has 1 aromatic rings. The summed E-state index contributed by atoms with van der Waals surface area (Å²) in [5, 5.41) is 9.26. The number of ether oxygens (including phenoxy) is 1. The number of hydrogen-bond donors (Lipinski definition) is 1. The molecule has 23 heavy (non-hydrogen) atoms. The van der Waals surface area contributed by atoms with Crippen molar-refractivity contribution < 1.29 is 14.6 Å². The Morgan fingerprint density at radius 1 is 1.22 bits per heavy atom. The molecule has 2 fully saturated rings. The SMILES string of the molecule is O=C(O)CSC1CCN(Cc2ccccc2OC2CCC2)CC1. The number of piperidine rings is 1. The Hall–Kier alpha value is -1.20. The van der Waals surface area contributed by atoms with Gasteiger partial charge in [-0.15, -0.1) is 11.8 Å². The van der Waals surface area contributed by atoms with Crippen molar-refractivity contribution in [3.05, 3.63) is 29.8 Å². The number of aliphatic carboxylic acids is 1. The van der Waals surface area contributed by atoms with Crippen LogP contribution in [0, 0.1) is 0 Å². The number of benzene rings is 1.